The molecule has 1 aliphatic rings. The summed E-state index contributed by atoms with van der Waals surface area (Å²) in [6.07, 6.45) is 0. The van der Waals surface area contributed by atoms with E-state index in [4.69, 9.17) is 0 Å². The van der Waals surface area contributed by atoms with Crippen molar-refractivity contribution in [3.8, 4) is 0 Å². The highest BCUT2D eigenvalue weighted by Gasteiger charge is 2.27. The minimum atomic E-state index is -2.88. The fraction of sp³-hybridized carbons (Fsp3) is 0.579. The van der Waals surface area contributed by atoms with Crippen LogP contribution in [0.1, 0.15) is 26.3 Å². The van der Waals surface area contributed by atoms with E-state index in [9.17, 15) is 8.78 Å². The fourth-order valence-corrected chi connectivity index (χ4v) is 3.20. The number of hydrogen-bond donors (Lipinski definition) is 0. The third kappa shape index (κ3) is 5.08. The molecule has 0 bridgehead atoms. The molecule has 1 heterocycles. The van der Waals surface area contributed by atoms with Crippen LogP contribution in [-0.4, -0.2) is 68.2 Å². The first-order chi connectivity index (χ1) is 12.3. The van der Waals surface area contributed by atoms with Gasteiger partial charge in [-0.25, -0.2) is 8.78 Å². The molecule has 0 saturated carbocycles. The number of likely N-dealkylation sites (N-methyl/N-ethyl adjacent to an activating group) is 2. The second-order valence-corrected chi connectivity index (χ2v) is 6.87. The second kappa shape index (κ2) is 8.68. The molecule has 144 valence electrons. The minimum Gasteiger partial charge on any atom is -0.330 e. The van der Waals surface area contributed by atoms with Gasteiger partial charge in [0.25, 0.3) is 5.92 Å². The van der Waals surface area contributed by atoms with Gasteiger partial charge < -0.3 is 9.80 Å². The van der Waals surface area contributed by atoms with E-state index >= 15 is 0 Å². The van der Waals surface area contributed by atoms with Crippen LogP contribution in [0, 0.1) is 0 Å². The van der Waals surface area contributed by atoms with Gasteiger partial charge in [0.1, 0.15) is 5.84 Å². The van der Waals surface area contributed by atoms with Crippen molar-refractivity contribution in [2.45, 2.75) is 32.7 Å². The first-order valence-electron chi connectivity index (χ1n) is 8.97. The Labute approximate surface area is 155 Å². The summed E-state index contributed by atoms with van der Waals surface area (Å²) in [5.74, 6) is -2.19. The van der Waals surface area contributed by atoms with Gasteiger partial charge >= 0.3 is 0 Å². The lowest BCUT2D eigenvalue weighted by Crippen LogP contribution is -2.54. The zero-order chi connectivity index (χ0) is 19.3. The molecule has 0 amide bonds. The number of piperazine rings is 1. The van der Waals surface area contributed by atoms with Gasteiger partial charge in [-0.2, -0.15) is 5.10 Å². The molecule has 0 N–H and O–H groups in total. The standard InChI is InChI=1S/C19H29F2N5/c1-6-25-10-11-26(15(2)13-25)14-18(23-22-4)24(5)17-9-7-8-16(12-17)19(3,20)21/h7-9,12,15H,4,6,10-11,13-14H2,1-3,5H3/b23-18-. The van der Waals surface area contributed by atoms with E-state index in [-0.39, 0.29) is 5.56 Å². The maximum atomic E-state index is 13.7. The molecule has 1 aromatic rings. The summed E-state index contributed by atoms with van der Waals surface area (Å²) in [6, 6.07) is 6.76. The summed E-state index contributed by atoms with van der Waals surface area (Å²) >= 11 is 0. The molecule has 1 unspecified atom stereocenters. The summed E-state index contributed by atoms with van der Waals surface area (Å²) in [5, 5.41) is 7.86. The quantitative estimate of drug-likeness (QED) is 0.441. The maximum Gasteiger partial charge on any atom is 0.270 e. The van der Waals surface area contributed by atoms with E-state index in [0.717, 1.165) is 33.1 Å². The Morgan fingerprint density at radius 2 is 2.12 bits per heavy atom. The number of alkyl halides is 2. The van der Waals surface area contributed by atoms with Crippen LogP contribution in [0.5, 0.6) is 0 Å². The Balaban J connectivity index is 2.17. The van der Waals surface area contributed by atoms with Gasteiger partial charge in [-0.3, -0.25) is 4.90 Å². The van der Waals surface area contributed by atoms with Gasteiger partial charge in [-0.05, 0) is 25.6 Å². The van der Waals surface area contributed by atoms with Gasteiger partial charge in [-0.1, -0.05) is 19.1 Å². The van der Waals surface area contributed by atoms with E-state index in [2.05, 4.69) is 40.6 Å². The monoisotopic (exact) mass is 365 g/mol. The van der Waals surface area contributed by atoms with Gasteiger partial charge in [0.15, 0.2) is 0 Å². The largest absolute Gasteiger partial charge is 0.330 e. The highest BCUT2D eigenvalue weighted by Crippen LogP contribution is 2.29. The van der Waals surface area contributed by atoms with Crippen molar-refractivity contribution in [3.05, 3.63) is 29.8 Å². The molecule has 0 radical (unpaired) electrons. The Bertz CT molecular complexity index is 641. The molecule has 0 spiro atoms. The van der Waals surface area contributed by atoms with Crippen LogP contribution in [-0.2, 0) is 5.92 Å². The van der Waals surface area contributed by atoms with E-state index in [1.165, 1.54) is 12.1 Å². The Kier molecular flexibility index (Phi) is 6.83. The summed E-state index contributed by atoms with van der Waals surface area (Å²) < 4.78 is 27.3. The Hall–Kier alpha value is -1.86. The van der Waals surface area contributed by atoms with Crippen LogP contribution >= 0.6 is 0 Å². The molecule has 7 heteroatoms. The Morgan fingerprint density at radius 1 is 1.38 bits per heavy atom. The number of nitrogens with zero attached hydrogens (tertiary/aromatic N) is 5. The zero-order valence-corrected chi connectivity index (χ0v) is 16.1. The van der Waals surface area contributed by atoms with Crippen molar-refractivity contribution in [2.75, 3.05) is 44.7 Å². The molecule has 26 heavy (non-hydrogen) atoms. The van der Waals surface area contributed by atoms with Crippen LogP contribution in [0.4, 0.5) is 14.5 Å². The summed E-state index contributed by atoms with van der Waals surface area (Å²) in [6.45, 7) is 13.3. The molecule has 2 rings (SSSR count). The van der Waals surface area contributed by atoms with E-state index in [0.29, 0.717) is 24.1 Å². The molecule has 1 atom stereocenters. The molecule has 1 aliphatic heterocycles. The van der Waals surface area contributed by atoms with Crippen molar-refractivity contribution < 1.29 is 8.78 Å². The van der Waals surface area contributed by atoms with Crippen LogP contribution in [0.25, 0.3) is 0 Å². The maximum absolute atomic E-state index is 13.7. The lowest BCUT2D eigenvalue weighted by molar-refractivity contribution is 0.0175. The van der Waals surface area contributed by atoms with Gasteiger partial charge in [0, 0.05) is 57.6 Å². The molecule has 0 aliphatic carbocycles. The molecule has 1 aromatic carbocycles. The van der Waals surface area contributed by atoms with Crippen LogP contribution in [0.15, 0.2) is 34.5 Å². The molecule has 1 saturated heterocycles. The van der Waals surface area contributed by atoms with Crippen LogP contribution < -0.4 is 4.90 Å². The normalized spacial score (nSPS) is 20.2. The predicted octanol–water partition coefficient (Wildman–Crippen LogP) is 3.27. The number of hydrogen-bond acceptors (Lipinski definition) is 4. The van der Waals surface area contributed by atoms with Crippen molar-refractivity contribution in [2.24, 2.45) is 10.2 Å². The fourth-order valence-electron chi connectivity index (χ4n) is 3.20. The number of amidine groups is 1. The highest BCUT2D eigenvalue weighted by atomic mass is 19.3. The van der Waals surface area contributed by atoms with Crippen LogP contribution in [0.2, 0.25) is 0 Å². The average molecular weight is 365 g/mol. The number of benzene rings is 1. The lowest BCUT2D eigenvalue weighted by Gasteiger charge is -2.40. The highest BCUT2D eigenvalue weighted by molar-refractivity contribution is 5.98. The van der Waals surface area contributed by atoms with Crippen molar-refractivity contribution in [1.82, 2.24) is 9.80 Å². The van der Waals surface area contributed by atoms with Crippen molar-refractivity contribution in [1.29, 1.82) is 0 Å². The summed E-state index contributed by atoms with van der Waals surface area (Å²) in [7, 11) is 1.82. The predicted molar refractivity (Wildman–Crippen MR) is 105 cm³/mol. The average Bonchev–Trinajstić information content (AvgIpc) is 2.61. The summed E-state index contributed by atoms with van der Waals surface area (Å²) in [4.78, 5) is 6.56. The summed E-state index contributed by atoms with van der Waals surface area (Å²) in [5.41, 5.74) is 0.643. The number of halogens is 2. The molecular formula is C19H29F2N5. The number of rotatable bonds is 6. The SMILES string of the molecule is C=N/N=C(/CN1CCN(CC)CC1C)N(C)c1cccc(C(C)(F)F)c1. The van der Waals surface area contributed by atoms with Crippen LogP contribution in [0.3, 0.4) is 0 Å². The smallest absolute Gasteiger partial charge is 0.270 e. The number of anilines is 1. The van der Waals surface area contributed by atoms with E-state index < -0.39 is 5.92 Å². The first-order valence-corrected chi connectivity index (χ1v) is 8.97. The lowest BCUT2D eigenvalue weighted by atomic mass is 10.1. The zero-order valence-electron chi connectivity index (χ0n) is 16.1. The third-order valence-corrected chi connectivity index (χ3v) is 4.95. The van der Waals surface area contributed by atoms with Gasteiger partial charge in [0.05, 0.1) is 6.54 Å². The van der Waals surface area contributed by atoms with Gasteiger partial charge in [0.2, 0.25) is 0 Å². The third-order valence-electron chi connectivity index (χ3n) is 4.95. The van der Waals surface area contributed by atoms with E-state index in [1.807, 2.05) is 11.9 Å². The first kappa shape index (κ1) is 20.5. The molecule has 0 aromatic heterocycles. The molecular weight excluding hydrogens is 336 g/mol. The second-order valence-electron chi connectivity index (χ2n) is 6.87. The minimum absolute atomic E-state index is 0.0160. The van der Waals surface area contributed by atoms with Crippen molar-refractivity contribution >= 4 is 18.2 Å². The van der Waals surface area contributed by atoms with E-state index in [1.54, 1.807) is 12.1 Å². The Morgan fingerprint density at radius 3 is 2.69 bits per heavy atom. The molecule has 5 nitrogen and oxygen atoms in total. The topological polar surface area (TPSA) is 34.4 Å². The molecule has 1 fully saturated rings. The van der Waals surface area contributed by atoms with Crippen molar-refractivity contribution in [3.63, 3.8) is 0 Å². The van der Waals surface area contributed by atoms with Gasteiger partial charge in [-0.15, -0.1) is 5.10 Å².